The number of amides is 3. The third-order valence-electron chi connectivity index (χ3n) is 5.45. The Balaban J connectivity index is 1.58. The predicted octanol–water partition coefficient (Wildman–Crippen LogP) is 3.98. The Morgan fingerprint density at radius 2 is 2.00 bits per heavy atom. The third kappa shape index (κ3) is 5.21. The van der Waals surface area contributed by atoms with Crippen molar-refractivity contribution in [2.24, 2.45) is 0 Å². The van der Waals surface area contributed by atoms with E-state index >= 15 is 0 Å². The Bertz CT molecular complexity index is 1240. The van der Waals surface area contributed by atoms with Gasteiger partial charge >= 0.3 is 11.8 Å². The summed E-state index contributed by atoms with van der Waals surface area (Å²) < 4.78 is 7.59. The van der Waals surface area contributed by atoms with Gasteiger partial charge in [0.2, 0.25) is 0 Å². The average Bonchev–Trinajstić information content (AvgIpc) is 3.43. The van der Waals surface area contributed by atoms with Gasteiger partial charge in [-0.25, -0.2) is 4.68 Å². The van der Waals surface area contributed by atoms with Crippen LogP contribution in [0.5, 0.6) is 0 Å². The molecule has 0 saturated carbocycles. The minimum atomic E-state index is -0.888. The van der Waals surface area contributed by atoms with Gasteiger partial charge < -0.3 is 15.4 Å². The molecule has 1 aromatic heterocycles. The van der Waals surface area contributed by atoms with Gasteiger partial charge in [0.05, 0.1) is 11.6 Å². The lowest BCUT2D eigenvalue weighted by atomic mass is 10.2. The molecular formula is C23H22BrClN4O4. The van der Waals surface area contributed by atoms with Crippen LogP contribution in [0.15, 0.2) is 46.9 Å². The van der Waals surface area contributed by atoms with Gasteiger partial charge in [-0.3, -0.25) is 19.8 Å². The highest BCUT2D eigenvalue weighted by molar-refractivity contribution is 9.10. The highest BCUT2D eigenvalue weighted by atomic mass is 79.9. The van der Waals surface area contributed by atoms with Gasteiger partial charge in [-0.05, 0) is 61.7 Å². The number of nitrogens with zero attached hydrogens (tertiary/aromatic N) is 1. The van der Waals surface area contributed by atoms with Crippen molar-refractivity contribution >= 4 is 61.8 Å². The number of rotatable bonds is 5. The second kappa shape index (κ2) is 9.94. The van der Waals surface area contributed by atoms with Crippen LogP contribution in [0.2, 0.25) is 5.02 Å². The van der Waals surface area contributed by atoms with E-state index in [9.17, 15) is 14.4 Å². The van der Waals surface area contributed by atoms with E-state index in [2.05, 4.69) is 32.0 Å². The van der Waals surface area contributed by atoms with Crippen molar-refractivity contribution in [3.05, 3.63) is 63.2 Å². The van der Waals surface area contributed by atoms with Crippen LogP contribution in [0.4, 0.5) is 5.69 Å². The molecule has 0 unspecified atom stereocenters. The normalized spacial score (nSPS) is 15.4. The van der Waals surface area contributed by atoms with Gasteiger partial charge in [-0.2, -0.15) is 0 Å². The van der Waals surface area contributed by atoms with Crippen molar-refractivity contribution in [1.82, 2.24) is 9.99 Å². The van der Waals surface area contributed by atoms with Crippen molar-refractivity contribution < 1.29 is 19.1 Å². The zero-order valence-corrected chi connectivity index (χ0v) is 20.1. The number of anilines is 1. The maximum Gasteiger partial charge on any atom is 0.328 e. The summed E-state index contributed by atoms with van der Waals surface area (Å²) >= 11 is 9.58. The summed E-state index contributed by atoms with van der Waals surface area (Å²) in [5, 5.41) is 6.64. The standard InChI is InChI=1S/C23H22BrClN4O4/c1-13-17(25)5-2-6-18(13)27-21(30)20-11-14-10-15(24)7-8-19(14)29(20)28-23(32)22(31)26-12-16-4-3-9-33-16/h2,5-8,10-11,16H,3-4,9,12H2,1H3,(H,26,31)(H,27,30)(H,28,32)/t16-/m0/s1. The molecule has 1 fully saturated rings. The van der Waals surface area contributed by atoms with E-state index in [1.165, 1.54) is 4.68 Å². The molecule has 0 radical (unpaired) electrons. The molecule has 1 aliphatic rings. The third-order valence-corrected chi connectivity index (χ3v) is 6.35. The summed E-state index contributed by atoms with van der Waals surface area (Å²) in [5.74, 6) is -2.16. The van der Waals surface area contributed by atoms with Crippen LogP contribution in [0, 0.1) is 6.92 Å². The first-order valence-electron chi connectivity index (χ1n) is 10.4. The predicted molar refractivity (Wildman–Crippen MR) is 130 cm³/mol. The summed E-state index contributed by atoms with van der Waals surface area (Å²) in [6, 6.07) is 12.2. The Morgan fingerprint density at radius 3 is 2.76 bits per heavy atom. The lowest BCUT2D eigenvalue weighted by Gasteiger charge is -2.14. The highest BCUT2D eigenvalue weighted by Crippen LogP contribution is 2.26. The zero-order chi connectivity index (χ0) is 23.5. The molecule has 172 valence electrons. The van der Waals surface area contributed by atoms with Gasteiger partial charge in [0.15, 0.2) is 0 Å². The monoisotopic (exact) mass is 532 g/mol. The smallest absolute Gasteiger partial charge is 0.328 e. The van der Waals surface area contributed by atoms with Crippen molar-refractivity contribution in [2.75, 3.05) is 23.9 Å². The highest BCUT2D eigenvalue weighted by Gasteiger charge is 2.23. The maximum atomic E-state index is 13.1. The first-order valence-corrected chi connectivity index (χ1v) is 11.6. The molecule has 1 atom stereocenters. The van der Waals surface area contributed by atoms with Crippen LogP contribution in [0.1, 0.15) is 28.9 Å². The van der Waals surface area contributed by atoms with E-state index in [0.717, 1.165) is 22.9 Å². The lowest BCUT2D eigenvalue weighted by Crippen LogP contribution is -2.42. The van der Waals surface area contributed by atoms with Gasteiger partial charge in [0.1, 0.15) is 5.69 Å². The fourth-order valence-electron chi connectivity index (χ4n) is 3.65. The summed E-state index contributed by atoms with van der Waals surface area (Å²) in [6.07, 6.45) is 1.68. The summed E-state index contributed by atoms with van der Waals surface area (Å²) in [4.78, 5) is 38.1. The fraction of sp³-hybridized carbons (Fsp3) is 0.261. The largest absolute Gasteiger partial charge is 0.376 e. The topological polar surface area (TPSA) is 101 Å². The molecule has 8 nitrogen and oxygen atoms in total. The van der Waals surface area contributed by atoms with Gasteiger partial charge in [0, 0.05) is 33.7 Å². The Kier molecular flexibility index (Phi) is 7.02. The molecular weight excluding hydrogens is 512 g/mol. The molecule has 0 bridgehead atoms. The number of benzene rings is 2. The summed E-state index contributed by atoms with van der Waals surface area (Å²) in [5.41, 5.74) is 4.53. The number of aromatic nitrogens is 1. The molecule has 1 aliphatic heterocycles. The van der Waals surface area contributed by atoms with Crippen LogP contribution in [0.3, 0.4) is 0 Å². The van der Waals surface area contributed by atoms with Crippen LogP contribution < -0.4 is 16.1 Å². The molecule has 3 N–H and O–H groups in total. The lowest BCUT2D eigenvalue weighted by molar-refractivity contribution is -0.136. The van der Waals surface area contributed by atoms with E-state index in [-0.39, 0.29) is 18.3 Å². The van der Waals surface area contributed by atoms with Crippen molar-refractivity contribution in [3.8, 4) is 0 Å². The van der Waals surface area contributed by atoms with Gasteiger partial charge in [-0.1, -0.05) is 33.6 Å². The SMILES string of the molecule is Cc1c(Cl)cccc1NC(=O)c1cc2cc(Br)ccc2n1NC(=O)C(=O)NC[C@@H]1CCCO1. The molecule has 2 aromatic carbocycles. The van der Waals surface area contributed by atoms with Crippen LogP contribution >= 0.6 is 27.5 Å². The molecule has 2 heterocycles. The van der Waals surface area contributed by atoms with Crippen LogP contribution in [-0.2, 0) is 14.3 Å². The molecule has 4 rings (SSSR count). The molecule has 33 heavy (non-hydrogen) atoms. The average molecular weight is 534 g/mol. The van der Waals surface area contributed by atoms with Crippen LogP contribution in [-0.4, -0.2) is 41.7 Å². The molecule has 1 saturated heterocycles. The van der Waals surface area contributed by atoms with Gasteiger partial charge in [0.25, 0.3) is 5.91 Å². The molecule has 0 spiro atoms. The molecule has 3 amide bonds. The fourth-order valence-corrected chi connectivity index (χ4v) is 4.20. The maximum absolute atomic E-state index is 13.1. The first kappa shape index (κ1) is 23.3. The number of hydrogen-bond donors (Lipinski definition) is 3. The van der Waals surface area contributed by atoms with Crippen LogP contribution in [0.25, 0.3) is 10.9 Å². The molecule has 10 heteroatoms. The van der Waals surface area contributed by atoms with E-state index < -0.39 is 17.7 Å². The van der Waals surface area contributed by atoms with E-state index in [4.69, 9.17) is 16.3 Å². The van der Waals surface area contributed by atoms with E-state index in [0.29, 0.717) is 28.2 Å². The Hall–Kier alpha value is -2.88. The summed E-state index contributed by atoms with van der Waals surface area (Å²) in [7, 11) is 0. The Morgan fingerprint density at radius 1 is 1.18 bits per heavy atom. The number of ether oxygens (including phenoxy) is 1. The van der Waals surface area contributed by atoms with Gasteiger partial charge in [-0.15, -0.1) is 0 Å². The van der Waals surface area contributed by atoms with Crippen molar-refractivity contribution in [2.45, 2.75) is 25.9 Å². The number of hydrogen-bond acceptors (Lipinski definition) is 4. The first-order chi connectivity index (χ1) is 15.8. The van der Waals surface area contributed by atoms with E-state index in [1.807, 2.05) is 6.07 Å². The Labute approximate surface area is 203 Å². The van der Waals surface area contributed by atoms with E-state index in [1.54, 1.807) is 43.3 Å². The molecule has 3 aromatic rings. The number of halogens is 2. The van der Waals surface area contributed by atoms with Crippen molar-refractivity contribution in [3.63, 3.8) is 0 Å². The quantitative estimate of drug-likeness (QED) is 0.432. The number of carbonyl (C=O) groups excluding carboxylic acids is 3. The number of carbonyl (C=O) groups is 3. The second-order valence-electron chi connectivity index (χ2n) is 7.72. The minimum absolute atomic E-state index is 0.0891. The zero-order valence-electron chi connectivity index (χ0n) is 17.8. The second-order valence-corrected chi connectivity index (χ2v) is 9.04. The minimum Gasteiger partial charge on any atom is -0.376 e. The molecule has 0 aliphatic carbocycles. The number of nitrogens with one attached hydrogen (secondary N) is 3. The van der Waals surface area contributed by atoms with Crippen molar-refractivity contribution in [1.29, 1.82) is 0 Å². The summed E-state index contributed by atoms with van der Waals surface area (Å²) in [6.45, 7) is 2.71. The number of fused-ring (bicyclic) bond motifs is 1.